The van der Waals surface area contributed by atoms with Crippen molar-refractivity contribution in [3.8, 4) is 11.3 Å². The Kier molecular flexibility index (Phi) is 3.69. The van der Waals surface area contributed by atoms with Gasteiger partial charge in [0.25, 0.3) is 5.91 Å². The van der Waals surface area contributed by atoms with Gasteiger partial charge in [-0.1, -0.05) is 18.2 Å². The molecule has 7 nitrogen and oxygen atoms in total. The molecule has 1 aromatic carbocycles. The molecule has 0 N–H and O–H groups in total. The van der Waals surface area contributed by atoms with Crippen LogP contribution in [0.15, 0.2) is 29.2 Å². The summed E-state index contributed by atoms with van der Waals surface area (Å²) in [5, 5.41) is 4.40. The summed E-state index contributed by atoms with van der Waals surface area (Å²) in [5.74, 6) is -0.360. The van der Waals surface area contributed by atoms with Gasteiger partial charge in [0.05, 0.1) is 16.3 Å². The Morgan fingerprint density at radius 2 is 1.76 bits per heavy atom. The van der Waals surface area contributed by atoms with Crippen molar-refractivity contribution in [1.82, 2.24) is 19.6 Å². The van der Waals surface area contributed by atoms with E-state index in [1.54, 1.807) is 40.9 Å². The van der Waals surface area contributed by atoms with E-state index in [0.717, 1.165) is 18.8 Å². The quantitative estimate of drug-likeness (QED) is 0.751. The van der Waals surface area contributed by atoms with Crippen molar-refractivity contribution < 1.29 is 13.2 Å². The van der Waals surface area contributed by atoms with E-state index in [-0.39, 0.29) is 17.4 Å². The number of rotatable bonds is 1. The van der Waals surface area contributed by atoms with Gasteiger partial charge in [0.15, 0.2) is 15.5 Å². The van der Waals surface area contributed by atoms with Crippen LogP contribution in [-0.4, -0.2) is 67.1 Å². The maximum atomic E-state index is 13.0. The van der Waals surface area contributed by atoms with E-state index < -0.39 is 9.84 Å². The van der Waals surface area contributed by atoms with Crippen LogP contribution >= 0.6 is 0 Å². The average molecular weight is 360 g/mol. The summed E-state index contributed by atoms with van der Waals surface area (Å²) in [6, 6.07) is 6.91. The second-order valence-corrected chi connectivity index (χ2v) is 8.61. The number of carbonyl (C=O) groups excluding carboxylic acids is 1. The third-order valence-electron chi connectivity index (χ3n) is 4.95. The number of sulfone groups is 1. The van der Waals surface area contributed by atoms with Gasteiger partial charge < -0.3 is 9.80 Å². The Labute approximate surface area is 146 Å². The molecule has 2 aromatic rings. The van der Waals surface area contributed by atoms with Gasteiger partial charge >= 0.3 is 0 Å². The third kappa shape index (κ3) is 2.56. The largest absolute Gasteiger partial charge is 0.335 e. The van der Waals surface area contributed by atoms with Gasteiger partial charge in [0.2, 0.25) is 0 Å². The molecule has 0 radical (unpaired) electrons. The summed E-state index contributed by atoms with van der Waals surface area (Å²) in [4.78, 5) is 17.2. The van der Waals surface area contributed by atoms with E-state index in [1.165, 1.54) is 0 Å². The molecule has 3 heterocycles. The fourth-order valence-corrected chi connectivity index (χ4v) is 5.17. The molecule has 8 heteroatoms. The lowest BCUT2D eigenvalue weighted by atomic mass is 10.1. The Morgan fingerprint density at radius 3 is 2.48 bits per heavy atom. The number of fused-ring (bicyclic) bond motifs is 3. The lowest BCUT2D eigenvalue weighted by Gasteiger charge is -2.32. The van der Waals surface area contributed by atoms with E-state index in [1.807, 2.05) is 7.05 Å². The van der Waals surface area contributed by atoms with Gasteiger partial charge in [-0.3, -0.25) is 9.48 Å². The maximum absolute atomic E-state index is 13.0. The Morgan fingerprint density at radius 1 is 1.08 bits per heavy atom. The zero-order valence-electron chi connectivity index (χ0n) is 14.3. The van der Waals surface area contributed by atoms with Crippen LogP contribution in [0.25, 0.3) is 11.3 Å². The van der Waals surface area contributed by atoms with Crippen LogP contribution in [0.2, 0.25) is 0 Å². The van der Waals surface area contributed by atoms with E-state index in [4.69, 9.17) is 0 Å². The molecular formula is C17H20N4O3S. The Bertz CT molecular complexity index is 956. The van der Waals surface area contributed by atoms with E-state index in [9.17, 15) is 13.2 Å². The highest BCUT2D eigenvalue weighted by Gasteiger charge is 2.36. The minimum absolute atomic E-state index is 0.179. The number of aromatic nitrogens is 2. The molecule has 0 bridgehead atoms. The van der Waals surface area contributed by atoms with Gasteiger partial charge in [-0.05, 0) is 13.1 Å². The molecule has 1 aromatic heterocycles. The van der Waals surface area contributed by atoms with Crippen LogP contribution in [0.1, 0.15) is 16.1 Å². The van der Waals surface area contributed by atoms with Gasteiger partial charge in [-0.2, -0.15) is 5.10 Å². The van der Waals surface area contributed by atoms with Gasteiger partial charge in [0, 0.05) is 44.4 Å². The molecule has 0 unspecified atom stereocenters. The van der Waals surface area contributed by atoms with Crippen molar-refractivity contribution in [3.63, 3.8) is 0 Å². The summed E-state index contributed by atoms with van der Waals surface area (Å²) in [6.45, 7) is 2.87. The lowest BCUT2D eigenvalue weighted by molar-refractivity contribution is 0.0656. The summed E-state index contributed by atoms with van der Waals surface area (Å²) < 4.78 is 27.0. The number of hydrogen-bond donors (Lipinski definition) is 0. The molecule has 132 valence electrons. The summed E-state index contributed by atoms with van der Waals surface area (Å²) >= 11 is 0. The molecule has 2 aliphatic rings. The number of nitrogens with zero attached hydrogens (tertiary/aromatic N) is 4. The van der Waals surface area contributed by atoms with Crippen LogP contribution in [0.5, 0.6) is 0 Å². The second-order valence-electron chi connectivity index (χ2n) is 6.65. The van der Waals surface area contributed by atoms with Crippen molar-refractivity contribution in [1.29, 1.82) is 0 Å². The summed E-state index contributed by atoms with van der Waals surface area (Å²) in [7, 11) is 0.310. The van der Waals surface area contributed by atoms with E-state index in [0.29, 0.717) is 29.1 Å². The van der Waals surface area contributed by atoms with Gasteiger partial charge in [0.1, 0.15) is 0 Å². The first kappa shape index (κ1) is 16.3. The molecule has 1 fully saturated rings. The lowest BCUT2D eigenvalue weighted by Crippen LogP contribution is -2.47. The normalized spacial score (nSPS) is 19.4. The average Bonchev–Trinajstić information content (AvgIpc) is 2.91. The minimum atomic E-state index is -3.47. The first-order valence-corrected chi connectivity index (χ1v) is 9.89. The number of amides is 1. The first-order chi connectivity index (χ1) is 11.9. The molecule has 1 amide bonds. The zero-order valence-corrected chi connectivity index (χ0v) is 15.1. The van der Waals surface area contributed by atoms with E-state index >= 15 is 0 Å². The molecule has 0 atom stereocenters. The van der Waals surface area contributed by atoms with Crippen molar-refractivity contribution in [2.75, 3.05) is 33.2 Å². The number of carbonyl (C=O) groups is 1. The standard InChI is InChI=1S/C17H20N4O3S/c1-19-7-9-21(10-8-19)17(22)15-13-11-25(23,24)14-6-4-3-5-12(14)16(13)20(2)18-15/h3-6H,7-11H2,1-2H3. The SMILES string of the molecule is CN1CCN(C(=O)c2nn(C)c3c2CS(=O)(=O)c2ccccc2-3)CC1. The van der Waals surface area contributed by atoms with Crippen LogP contribution in [-0.2, 0) is 22.6 Å². The number of hydrogen-bond acceptors (Lipinski definition) is 5. The highest BCUT2D eigenvalue weighted by Crippen LogP contribution is 2.39. The minimum Gasteiger partial charge on any atom is -0.335 e. The van der Waals surface area contributed by atoms with Gasteiger partial charge in [-0.25, -0.2) is 8.42 Å². The zero-order chi connectivity index (χ0) is 17.8. The number of likely N-dealkylation sites (N-methyl/N-ethyl adjacent to an activating group) is 1. The van der Waals surface area contributed by atoms with Crippen LogP contribution in [0.4, 0.5) is 0 Å². The molecule has 0 saturated carbocycles. The molecule has 0 spiro atoms. The van der Waals surface area contributed by atoms with Crippen LogP contribution < -0.4 is 0 Å². The number of aryl methyl sites for hydroxylation is 1. The molecule has 25 heavy (non-hydrogen) atoms. The predicted molar refractivity (Wildman–Crippen MR) is 92.9 cm³/mol. The first-order valence-electron chi connectivity index (χ1n) is 8.24. The van der Waals surface area contributed by atoms with Crippen molar-refractivity contribution in [3.05, 3.63) is 35.5 Å². The Hall–Kier alpha value is -2.19. The molecule has 1 saturated heterocycles. The number of benzene rings is 1. The highest BCUT2D eigenvalue weighted by molar-refractivity contribution is 7.90. The fourth-order valence-electron chi connectivity index (χ4n) is 3.57. The van der Waals surface area contributed by atoms with Crippen molar-refractivity contribution in [2.24, 2.45) is 7.05 Å². The van der Waals surface area contributed by atoms with Crippen molar-refractivity contribution in [2.45, 2.75) is 10.6 Å². The highest BCUT2D eigenvalue weighted by atomic mass is 32.2. The fraction of sp³-hybridized carbons (Fsp3) is 0.412. The van der Waals surface area contributed by atoms with Crippen LogP contribution in [0.3, 0.4) is 0 Å². The number of piperazine rings is 1. The van der Waals surface area contributed by atoms with E-state index in [2.05, 4.69) is 10.00 Å². The molecular weight excluding hydrogens is 340 g/mol. The maximum Gasteiger partial charge on any atom is 0.274 e. The van der Waals surface area contributed by atoms with Crippen molar-refractivity contribution >= 4 is 15.7 Å². The van der Waals surface area contributed by atoms with Gasteiger partial charge in [-0.15, -0.1) is 0 Å². The smallest absolute Gasteiger partial charge is 0.274 e. The molecule has 4 rings (SSSR count). The topological polar surface area (TPSA) is 75.5 Å². The monoisotopic (exact) mass is 360 g/mol. The Balaban J connectivity index is 1.81. The second kappa shape index (κ2) is 5.67. The predicted octanol–water partition coefficient (Wildman–Crippen LogP) is 0.762. The summed E-state index contributed by atoms with van der Waals surface area (Å²) in [5.41, 5.74) is 2.13. The summed E-state index contributed by atoms with van der Waals surface area (Å²) in [6.07, 6.45) is 0. The van der Waals surface area contributed by atoms with Crippen LogP contribution in [0, 0.1) is 0 Å². The third-order valence-corrected chi connectivity index (χ3v) is 6.64. The molecule has 0 aliphatic carbocycles. The molecule has 2 aliphatic heterocycles.